The summed E-state index contributed by atoms with van der Waals surface area (Å²) < 4.78 is 0. The van der Waals surface area contributed by atoms with E-state index in [1.807, 2.05) is 60.7 Å². The molecule has 1 amide bonds. The standard InChI is InChI=1S/C20H20N4O/c1-15-22-18(20(25)24(2)17-11-7-4-8-12-17)13-19(23-15)21-14-16-9-5-3-6-10-16/h3-13H,14H2,1-2H3,(H,21,22,23). The van der Waals surface area contributed by atoms with E-state index in [9.17, 15) is 4.79 Å². The molecule has 3 rings (SSSR count). The van der Waals surface area contributed by atoms with Crippen molar-refractivity contribution in [3.05, 3.63) is 83.8 Å². The number of nitrogens with zero attached hydrogens (tertiary/aromatic N) is 3. The molecule has 1 aromatic heterocycles. The first-order valence-electron chi connectivity index (χ1n) is 8.10. The number of aromatic nitrogens is 2. The topological polar surface area (TPSA) is 58.1 Å². The summed E-state index contributed by atoms with van der Waals surface area (Å²) in [5.41, 5.74) is 2.34. The molecule has 0 fully saturated rings. The van der Waals surface area contributed by atoms with Crippen LogP contribution < -0.4 is 10.2 Å². The number of anilines is 2. The van der Waals surface area contributed by atoms with Crippen LogP contribution >= 0.6 is 0 Å². The molecule has 0 saturated carbocycles. The lowest BCUT2D eigenvalue weighted by Crippen LogP contribution is -2.27. The minimum absolute atomic E-state index is 0.167. The van der Waals surface area contributed by atoms with Gasteiger partial charge in [0.25, 0.3) is 5.91 Å². The van der Waals surface area contributed by atoms with Gasteiger partial charge < -0.3 is 10.2 Å². The van der Waals surface area contributed by atoms with Crippen LogP contribution in [0.15, 0.2) is 66.7 Å². The van der Waals surface area contributed by atoms with Gasteiger partial charge in [0.05, 0.1) is 0 Å². The van der Waals surface area contributed by atoms with Crippen molar-refractivity contribution in [3.63, 3.8) is 0 Å². The van der Waals surface area contributed by atoms with E-state index in [4.69, 9.17) is 0 Å². The second kappa shape index (κ2) is 7.57. The first-order valence-corrected chi connectivity index (χ1v) is 8.10. The smallest absolute Gasteiger partial charge is 0.276 e. The van der Waals surface area contributed by atoms with Crippen molar-refractivity contribution in [1.82, 2.24) is 9.97 Å². The summed E-state index contributed by atoms with van der Waals surface area (Å²) >= 11 is 0. The largest absolute Gasteiger partial charge is 0.366 e. The fourth-order valence-corrected chi connectivity index (χ4v) is 2.50. The summed E-state index contributed by atoms with van der Waals surface area (Å²) in [6.45, 7) is 2.42. The van der Waals surface area contributed by atoms with Gasteiger partial charge in [-0.1, -0.05) is 48.5 Å². The molecular formula is C20H20N4O. The second-order valence-corrected chi connectivity index (χ2v) is 5.72. The highest BCUT2D eigenvalue weighted by Gasteiger charge is 2.16. The molecule has 0 radical (unpaired) electrons. The van der Waals surface area contributed by atoms with Gasteiger partial charge >= 0.3 is 0 Å². The molecule has 0 saturated heterocycles. The molecule has 0 spiro atoms. The zero-order chi connectivity index (χ0) is 17.6. The highest BCUT2D eigenvalue weighted by molar-refractivity contribution is 6.04. The van der Waals surface area contributed by atoms with Crippen LogP contribution in [0.25, 0.3) is 0 Å². The third-order valence-corrected chi connectivity index (χ3v) is 3.82. The minimum Gasteiger partial charge on any atom is -0.366 e. The van der Waals surface area contributed by atoms with Crippen molar-refractivity contribution in [3.8, 4) is 0 Å². The van der Waals surface area contributed by atoms with Gasteiger partial charge in [-0.2, -0.15) is 0 Å². The third-order valence-electron chi connectivity index (χ3n) is 3.82. The Morgan fingerprint density at radius 2 is 1.64 bits per heavy atom. The van der Waals surface area contributed by atoms with Crippen LogP contribution in [0.3, 0.4) is 0 Å². The van der Waals surface area contributed by atoms with Gasteiger partial charge in [0.15, 0.2) is 0 Å². The van der Waals surface area contributed by atoms with Gasteiger partial charge in [-0.15, -0.1) is 0 Å². The highest BCUT2D eigenvalue weighted by atomic mass is 16.2. The van der Waals surface area contributed by atoms with Crippen LogP contribution in [0.4, 0.5) is 11.5 Å². The van der Waals surface area contributed by atoms with Crippen molar-refractivity contribution in [1.29, 1.82) is 0 Å². The molecule has 0 unspecified atom stereocenters. The number of rotatable bonds is 5. The van der Waals surface area contributed by atoms with Gasteiger partial charge in [-0.3, -0.25) is 4.79 Å². The number of para-hydroxylation sites is 1. The molecule has 5 heteroatoms. The zero-order valence-corrected chi connectivity index (χ0v) is 14.3. The Morgan fingerprint density at radius 1 is 1.00 bits per heavy atom. The molecular weight excluding hydrogens is 312 g/mol. The Kier molecular flexibility index (Phi) is 5.04. The maximum atomic E-state index is 12.7. The van der Waals surface area contributed by atoms with E-state index in [0.717, 1.165) is 11.3 Å². The molecule has 0 aliphatic heterocycles. The molecule has 5 nitrogen and oxygen atoms in total. The van der Waals surface area contributed by atoms with Crippen LogP contribution in [0.1, 0.15) is 21.9 Å². The van der Waals surface area contributed by atoms with Crippen molar-refractivity contribution < 1.29 is 4.79 Å². The van der Waals surface area contributed by atoms with E-state index in [1.54, 1.807) is 24.9 Å². The fourth-order valence-electron chi connectivity index (χ4n) is 2.50. The average molecular weight is 332 g/mol. The lowest BCUT2D eigenvalue weighted by atomic mass is 10.2. The number of hydrogen-bond donors (Lipinski definition) is 1. The molecule has 1 heterocycles. The summed E-state index contributed by atoms with van der Waals surface area (Å²) in [7, 11) is 1.74. The van der Waals surface area contributed by atoms with Crippen molar-refractivity contribution in [2.24, 2.45) is 0 Å². The lowest BCUT2D eigenvalue weighted by Gasteiger charge is -2.17. The quantitative estimate of drug-likeness (QED) is 0.774. The van der Waals surface area contributed by atoms with Gasteiger partial charge in [-0.25, -0.2) is 9.97 Å². The van der Waals surface area contributed by atoms with E-state index >= 15 is 0 Å². The van der Waals surface area contributed by atoms with Crippen LogP contribution in [0.5, 0.6) is 0 Å². The molecule has 3 aromatic rings. The number of amides is 1. The Hall–Kier alpha value is -3.21. The zero-order valence-electron chi connectivity index (χ0n) is 14.3. The van der Waals surface area contributed by atoms with Crippen molar-refractivity contribution in [2.75, 3.05) is 17.3 Å². The minimum atomic E-state index is -0.167. The lowest BCUT2D eigenvalue weighted by molar-refractivity contribution is 0.0988. The Balaban J connectivity index is 1.78. The van der Waals surface area contributed by atoms with Gasteiger partial charge in [0, 0.05) is 25.3 Å². The monoisotopic (exact) mass is 332 g/mol. The summed E-state index contributed by atoms with van der Waals surface area (Å²) in [6, 6.07) is 21.2. The summed E-state index contributed by atoms with van der Waals surface area (Å²) in [6.07, 6.45) is 0. The molecule has 1 N–H and O–H groups in total. The van der Waals surface area contributed by atoms with Crippen molar-refractivity contribution in [2.45, 2.75) is 13.5 Å². The number of aryl methyl sites for hydroxylation is 1. The van der Waals surface area contributed by atoms with E-state index in [1.165, 1.54) is 0 Å². The van der Waals surface area contributed by atoms with Crippen LogP contribution in [-0.2, 0) is 6.54 Å². The highest BCUT2D eigenvalue weighted by Crippen LogP contribution is 2.16. The van der Waals surface area contributed by atoms with Crippen LogP contribution in [0.2, 0.25) is 0 Å². The number of benzene rings is 2. The maximum Gasteiger partial charge on any atom is 0.276 e. The van der Waals surface area contributed by atoms with Gasteiger partial charge in [-0.05, 0) is 24.6 Å². The van der Waals surface area contributed by atoms with Crippen molar-refractivity contribution >= 4 is 17.4 Å². The predicted molar refractivity (Wildman–Crippen MR) is 99.7 cm³/mol. The summed E-state index contributed by atoms with van der Waals surface area (Å²) in [5, 5.41) is 3.25. The normalized spacial score (nSPS) is 10.3. The maximum absolute atomic E-state index is 12.7. The molecule has 0 aliphatic rings. The number of carbonyl (C=O) groups is 1. The van der Waals surface area contributed by atoms with E-state index in [0.29, 0.717) is 23.9 Å². The van der Waals surface area contributed by atoms with Gasteiger partial charge in [0.1, 0.15) is 17.3 Å². The third kappa shape index (κ3) is 4.20. The van der Waals surface area contributed by atoms with E-state index < -0.39 is 0 Å². The first kappa shape index (κ1) is 16.6. The van der Waals surface area contributed by atoms with E-state index in [-0.39, 0.29) is 5.91 Å². The second-order valence-electron chi connectivity index (χ2n) is 5.72. The SMILES string of the molecule is Cc1nc(NCc2ccccc2)cc(C(=O)N(C)c2ccccc2)n1. The van der Waals surface area contributed by atoms with Crippen LogP contribution in [-0.4, -0.2) is 22.9 Å². The van der Waals surface area contributed by atoms with E-state index in [2.05, 4.69) is 15.3 Å². The molecule has 0 bridgehead atoms. The Morgan fingerprint density at radius 3 is 2.32 bits per heavy atom. The average Bonchev–Trinajstić information content (AvgIpc) is 2.66. The molecule has 126 valence electrons. The predicted octanol–water partition coefficient (Wildman–Crippen LogP) is 3.67. The Labute approximate surface area is 147 Å². The first-order chi connectivity index (χ1) is 12.1. The molecule has 0 atom stereocenters. The van der Waals surface area contributed by atoms with Crippen LogP contribution in [0, 0.1) is 6.92 Å². The number of nitrogens with one attached hydrogen (secondary N) is 1. The number of carbonyl (C=O) groups excluding carboxylic acids is 1. The molecule has 25 heavy (non-hydrogen) atoms. The Bertz CT molecular complexity index is 850. The molecule has 0 aliphatic carbocycles. The molecule has 2 aromatic carbocycles. The number of hydrogen-bond acceptors (Lipinski definition) is 4. The summed E-state index contributed by atoms with van der Waals surface area (Å²) in [4.78, 5) is 23.0. The fraction of sp³-hybridized carbons (Fsp3) is 0.150. The van der Waals surface area contributed by atoms with Gasteiger partial charge in [0.2, 0.25) is 0 Å². The summed E-state index contributed by atoms with van der Waals surface area (Å²) in [5.74, 6) is 1.03.